The molecule has 0 spiro atoms. The quantitative estimate of drug-likeness (QED) is 0.609. The maximum Gasteiger partial charge on any atom is 0.341 e. The first kappa shape index (κ1) is 21.2. The van der Waals surface area contributed by atoms with Gasteiger partial charge < -0.3 is 24.6 Å². The molecule has 7 nitrogen and oxygen atoms in total. The molecular formula is C21H25NO6. The Labute approximate surface area is 164 Å². The average molecular weight is 387 g/mol. The zero-order valence-electron chi connectivity index (χ0n) is 16.3. The van der Waals surface area contributed by atoms with Crippen molar-refractivity contribution in [1.82, 2.24) is 5.32 Å². The molecule has 2 aromatic rings. The second kappa shape index (κ2) is 10.3. The van der Waals surface area contributed by atoms with Crippen molar-refractivity contribution in [2.24, 2.45) is 0 Å². The molecule has 2 rings (SSSR count). The molecule has 0 saturated heterocycles. The monoisotopic (exact) mass is 387 g/mol. The van der Waals surface area contributed by atoms with E-state index in [-0.39, 0.29) is 5.91 Å². The average Bonchev–Trinajstić information content (AvgIpc) is 2.66. The lowest BCUT2D eigenvalue weighted by atomic mass is 10.0. The van der Waals surface area contributed by atoms with Gasteiger partial charge in [0.05, 0.1) is 6.61 Å². The number of para-hydroxylation sites is 1. The number of carbonyl (C=O) groups excluding carboxylic acids is 1. The summed E-state index contributed by atoms with van der Waals surface area (Å²) in [6.07, 6.45) is 0. The third-order valence-electron chi connectivity index (χ3n) is 4.02. The van der Waals surface area contributed by atoms with E-state index in [4.69, 9.17) is 19.3 Å². The third-order valence-corrected chi connectivity index (χ3v) is 4.02. The number of carbonyl (C=O) groups is 2. The SMILES string of the molecule is COCCOc1ccccc1CNC(=O)c1cc(C)c(OCC(=O)O)c(C)c1. The first-order chi connectivity index (χ1) is 13.4. The number of aliphatic carboxylic acids is 1. The van der Waals surface area contributed by atoms with Crippen molar-refractivity contribution in [3.05, 3.63) is 58.7 Å². The first-order valence-corrected chi connectivity index (χ1v) is 8.86. The molecule has 0 aliphatic heterocycles. The number of carboxylic acids is 1. The molecule has 0 unspecified atom stereocenters. The molecule has 0 fully saturated rings. The predicted octanol–water partition coefficient (Wildman–Crippen LogP) is 2.72. The number of ether oxygens (including phenoxy) is 3. The van der Waals surface area contributed by atoms with Crippen molar-refractivity contribution in [2.45, 2.75) is 20.4 Å². The van der Waals surface area contributed by atoms with E-state index < -0.39 is 12.6 Å². The van der Waals surface area contributed by atoms with Crippen LogP contribution < -0.4 is 14.8 Å². The van der Waals surface area contributed by atoms with Crippen LogP contribution in [0.25, 0.3) is 0 Å². The fourth-order valence-electron chi connectivity index (χ4n) is 2.75. The number of amides is 1. The molecule has 28 heavy (non-hydrogen) atoms. The van der Waals surface area contributed by atoms with Crippen molar-refractivity contribution in [3.63, 3.8) is 0 Å². The fraction of sp³-hybridized carbons (Fsp3) is 0.333. The van der Waals surface area contributed by atoms with Gasteiger partial charge >= 0.3 is 5.97 Å². The Morgan fingerprint density at radius 2 is 1.71 bits per heavy atom. The Bertz CT molecular complexity index is 810. The second-order valence-electron chi connectivity index (χ2n) is 6.25. The highest BCUT2D eigenvalue weighted by Crippen LogP contribution is 2.25. The molecule has 7 heteroatoms. The van der Waals surface area contributed by atoms with E-state index in [2.05, 4.69) is 5.32 Å². The third kappa shape index (κ3) is 5.99. The van der Waals surface area contributed by atoms with E-state index in [0.717, 1.165) is 5.56 Å². The minimum atomic E-state index is -1.05. The van der Waals surface area contributed by atoms with E-state index in [1.54, 1.807) is 33.1 Å². The number of benzene rings is 2. The van der Waals surface area contributed by atoms with Crippen LogP contribution >= 0.6 is 0 Å². The van der Waals surface area contributed by atoms with Gasteiger partial charge in [-0.15, -0.1) is 0 Å². The van der Waals surface area contributed by atoms with Crippen LogP contribution in [-0.2, 0) is 16.1 Å². The van der Waals surface area contributed by atoms with Crippen LogP contribution in [0, 0.1) is 13.8 Å². The molecule has 0 aliphatic rings. The van der Waals surface area contributed by atoms with Gasteiger partial charge in [-0.25, -0.2) is 4.79 Å². The lowest BCUT2D eigenvalue weighted by Gasteiger charge is -2.14. The van der Waals surface area contributed by atoms with E-state index in [1.165, 1.54) is 0 Å². The Morgan fingerprint density at radius 1 is 1.04 bits per heavy atom. The van der Waals surface area contributed by atoms with Gasteiger partial charge in [0.1, 0.15) is 18.1 Å². The van der Waals surface area contributed by atoms with E-state index in [1.807, 2.05) is 24.3 Å². The minimum Gasteiger partial charge on any atom is -0.491 e. The Hall–Kier alpha value is -3.06. The largest absolute Gasteiger partial charge is 0.491 e. The number of aryl methyl sites for hydroxylation is 2. The summed E-state index contributed by atoms with van der Waals surface area (Å²) in [5, 5.41) is 11.6. The number of methoxy groups -OCH3 is 1. The number of hydrogen-bond donors (Lipinski definition) is 2. The van der Waals surface area contributed by atoms with Gasteiger partial charge in [0.25, 0.3) is 5.91 Å². The van der Waals surface area contributed by atoms with Crippen molar-refractivity contribution >= 4 is 11.9 Å². The van der Waals surface area contributed by atoms with Gasteiger partial charge in [0.2, 0.25) is 0 Å². The van der Waals surface area contributed by atoms with Gasteiger partial charge in [0, 0.05) is 24.8 Å². The molecule has 0 bridgehead atoms. The number of rotatable bonds is 10. The molecule has 1 amide bonds. The topological polar surface area (TPSA) is 94.1 Å². The smallest absolute Gasteiger partial charge is 0.341 e. The molecule has 0 radical (unpaired) electrons. The lowest BCUT2D eigenvalue weighted by Crippen LogP contribution is -2.23. The molecule has 0 aromatic heterocycles. The summed E-state index contributed by atoms with van der Waals surface area (Å²) in [7, 11) is 1.61. The van der Waals surface area contributed by atoms with Gasteiger partial charge in [-0.1, -0.05) is 18.2 Å². The van der Waals surface area contributed by atoms with Crippen molar-refractivity contribution in [3.8, 4) is 11.5 Å². The van der Waals surface area contributed by atoms with Crippen LogP contribution in [-0.4, -0.2) is 43.9 Å². The standard InChI is InChI=1S/C21H25NO6/c1-14-10-17(11-15(2)20(14)28-13-19(23)24)21(25)22-12-16-6-4-5-7-18(16)27-9-8-26-3/h4-7,10-11H,8-9,12-13H2,1-3H3,(H,22,25)(H,23,24). The zero-order valence-corrected chi connectivity index (χ0v) is 16.3. The maximum absolute atomic E-state index is 12.6. The van der Waals surface area contributed by atoms with Gasteiger partial charge in [-0.05, 0) is 43.2 Å². The Balaban J connectivity index is 2.05. The zero-order chi connectivity index (χ0) is 20.5. The normalized spacial score (nSPS) is 10.4. The van der Waals surface area contributed by atoms with Gasteiger partial charge in [0.15, 0.2) is 6.61 Å². The van der Waals surface area contributed by atoms with E-state index >= 15 is 0 Å². The second-order valence-corrected chi connectivity index (χ2v) is 6.25. The highest BCUT2D eigenvalue weighted by molar-refractivity contribution is 5.94. The van der Waals surface area contributed by atoms with Gasteiger partial charge in [-0.2, -0.15) is 0 Å². The summed E-state index contributed by atoms with van der Waals surface area (Å²) >= 11 is 0. The summed E-state index contributed by atoms with van der Waals surface area (Å²) in [5.41, 5.74) is 2.75. The van der Waals surface area contributed by atoms with Crippen molar-refractivity contribution in [2.75, 3.05) is 26.9 Å². The summed E-state index contributed by atoms with van der Waals surface area (Å²) in [6.45, 7) is 4.36. The Morgan fingerprint density at radius 3 is 2.36 bits per heavy atom. The van der Waals surface area contributed by atoms with Gasteiger partial charge in [-0.3, -0.25) is 4.79 Å². The number of carboxylic acid groups (broad SMARTS) is 1. The fourth-order valence-corrected chi connectivity index (χ4v) is 2.75. The van der Waals surface area contributed by atoms with E-state index in [0.29, 0.717) is 47.9 Å². The molecule has 0 aliphatic carbocycles. The minimum absolute atomic E-state index is 0.234. The van der Waals surface area contributed by atoms with Crippen LogP contribution in [0.5, 0.6) is 11.5 Å². The molecule has 0 heterocycles. The maximum atomic E-state index is 12.6. The highest BCUT2D eigenvalue weighted by Gasteiger charge is 2.13. The summed E-state index contributed by atoms with van der Waals surface area (Å²) in [4.78, 5) is 23.3. The van der Waals surface area contributed by atoms with Crippen molar-refractivity contribution in [1.29, 1.82) is 0 Å². The molecule has 0 atom stereocenters. The molecule has 2 N–H and O–H groups in total. The lowest BCUT2D eigenvalue weighted by molar-refractivity contribution is -0.139. The summed E-state index contributed by atoms with van der Waals surface area (Å²) in [5.74, 6) is -0.102. The Kier molecular flexibility index (Phi) is 7.83. The van der Waals surface area contributed by atoms with Crippen LogP contribution in [0.3, 0.4) is 0 Å². The van der Waals surface area contributed by atoms with Crippen LogP contribution in [0.1, 0.15) is 27.0 Å². The highest BCUT2D eigenvalue weighted by atomic mass is 16.5. The molecule has 2 aromatic carbocycles. The van der Waals surface area contributed by atoms with Crippen LogP contribution in [0.2, 0.25) is 0 Å². The van der Waals surface area contributed by atoms with Crippen LogP contribution in [0.15, 0.2) is 36.4 Å². The molecule has 0 saturated carbocycles. The number of nitrogens with one attached hydrogen (secondary N) is 1. The molecule has 150 valence electrons. The van der Waals surface area contributed by atoms with Crippen LogP contribution in [0.4, 0.5) is 0 Å². The predicted molar refractivity (Wildman–Crippen MR) is 104 cm³/mol. The van der Waals surface area contributed by atoms with Crippen molar-refractivity contribution < 1.29 is 28.9 Å². The number of hydrogen-bond acceptors (Lipinski definition) is 5. The summed E-state index contributed by atoms with van der Waals surface area (Å²) in [6, 6.07) is 10.9. The first-order valence-electron chi connectivity index (χ1n) is 8.86. The van der Waals surface area contributed by atoms with E-state index in [9.17, 15) is 9.59 Å². The molecular weight excluding hydrogens is 362 g/mol. The summed E-state index contributed by atoms with van der Waals surface area (Å²) < 4.78 is 16.0.